The molecule has 1 aliphatic heterocycles. The second-order valence-electron chi connectivity index (χ2n) is 7.26. The van der Waals surface area contributed by atoms with Crippen molar-refractivity contribution in [2.24, 2.45) is 0 Å². The number of aryl methyl sites for hydroxylation is 3. The molecule has 4 rings (SSSR count). The van der Waals surface area contributed by atoms with Gasteiger partial charge in [-0.05, 0) is 31.5 Å². The molecule has 164 valence electrons. The summed E-state index contributed by atoms with van der Waals surface area (Å²) in [5.74, 6) is 2.01. The van der Waals surface area contributed by atoms with Crippen molar-refractivity contribution in [2.75, 3.05) is 19.9 Å². The Kier molecular flexibility index (Phi) is 6.10. The van der Waals surface area contributed by atoms with E-state index in [1.54, 1.807) is 18.2 Å². The van der Waals surface area contributed by atoms with Crippen LogP contribution in [0.3, 0.4) is 0 Å². The van der Waals surface area contributed by atoms with Crippen molar-refractivity contribution in [1.29, 1.82) is 0 Å². The molecule has 0 radical (unpaired) electrons. The number of aliphatic hydroxyl groups is 1. The van der Waals surface area contributed by atoms with Gasteiger partial charge in [-0.3, -0.25) is 9.59 Å². The van der Waals surface area contributed by atoms with Gasteiger partial charge in [-0.1, -0.05) is 0 Å². The number of amides is 1. The van der Waals surface area contributed by atoms with E-state index in [9.17, 15) is 14.7 Å². The van der Waals surface area contributed by atoms with Gasteiger partial charge in [0.1, 0.15) is 29.1 Å². The lowest BCUT2D eigenvalue weighted by atomic mass is 10.2. The third-order valence-electron chi connectivity index (χ3n) is 5.00. The zero-order valence-corrected chi connectivity index (χ0v) is 18.0. The standard InChI is InChI=1S/C21H23N3O6S/c1-11-12(2)31-21-19(11)20(27)23-17(24-21)5-6-18(26)22-8-13(25)9-28-14-3-4-15-16(7-14)30-10-29-15/h3-4,7,13,25H,5-6,8-10H2,1-2H3,(H,22,26)(H,23,24,27). The van der Waals surface area contributed by atoms with Crippen LogP contribution in [-0.2, 0) is 11.2 Å². The van der Waals surface area contributed by atoms with Crippen LogP contribution in [0.5, 0.6) is 17.2 Å². The van der Waals surface area contributed by atoms with Gasteiger partial charge in [0.25, 0.3) is 5.56 Å². The molecule has 0 bridgehead atoms. The summed E-state index contributed by atoms with van der Waals surface area (Å²) in [5, 5.41) is 13.3. The number of carbonyl (C=O) groups is 1. The maximum absolute atomic E-state index is 12.3. The average molecular weight is 445 g/mol. The van der Waals surface area contributed by atoms with Crippen molar-refractivity contribution in [3.8, 4) is 17.2 Å². The molecule has 9 nitrogen and oxygen atoms in total. The number of aromatic amines is 1. The molecule has 1 aliphatic rings. The maximum Gasteiger partial charge on any atom is 0.259 e. The van der Waals surface area contributed by atoms with Crippen LogP contribution >= 0.6 is 11.3 Å². The monoisotopic (exact) mass is 445 g/mol. The van der Waals surface area contributed by atoms with E-state index >= 15 is 0 Å². The molecule has 0 fully saturated rings. The summed E-state index contributed by atoms with van der Waals surface area (Å²) in [6.45, 7) is 4.10. The number of nitrogens with zero attached hydrogens (tertiary/aromatic N) is 1. The van der Waals surface area contributed by atoms with Crippen molar-refractivity contribution >= 4 is 27.5 Å². The van der Waals surface area contributed by atoms with E-state index in [4.69, 9.17) is 14.2 Å². The van der Waals surface area contributed by atoms with Crippen LogP contribution < -0.4 is 25.1 Å². The summed E-state index contributed by atoms with van der Waals surface area (Å²) < 4.78 is 16.0. The molecule has 0 aliphatic carbocycles. The number of thiophene rings is 1. The molecule has 10 heteroatoms. The van der Waals surface area contributed by atoms with E-state index in [0.717, 1.165) is 10.4 Å². The second-order valence-corrected chi connectivity index (χ2v) is 8.46. The highest BCUT2D eigenvalue weighted by molar-refractivity contribution is 7.18. The normalized spacial score (nSPS) is 13.4. The molecule has 3 heterocycles. The first-order valence-electron chi connectivity index (χ1n) is 9.87. The van der Waals surface area contributed by atoms with E-state index < -0.39 is 6.10 Å². The fraction of sp³-hybridized carbons (Fsp3) is 0.381. The topological polar surface area (TPSA) is 123 Å². The van der Waals surface area contributed by atoms with Gasteiger partial charge in [0.15, 0.2) is 11.5 Å². The number of nitrogens with one attached hydrogen (secondary N) is 2. The minimum Gasteiger partial charge on any atom is -0.491 e. The SMILES string of the molecule is Cc1sc2nc(CCC(=O)NCC(O)COc3ccc4c(c3)OCO4)[nH]c(=O)c2c1C. The number of fused-ring (bicyclic) bond motifs is 2. The van der Waals surface area contributed by atoms with Gasteiger partial charge in [0.2, 0.25) is 12.7 Å². The highest BCUT2D eigenvalue weighted by atomic mass is 32.1. The Morgan fingerprint density at radius 2 is 2.16 bits per heavy atom. The Bertz CT molecular complexity index is 1170. The Morgan fingerprint density at radius 1 is 1.35 bits per heavy atom. The molecular weight excluding hydrogens is 422 g/mol. The summed E-state index contributed by atoms with van der Waals surface area (Å²) in [4.78, 5) is 33.4. The first-order valence-corrected chi connectivity index (χ1v) is 10.7. The highest BCUT2D eigenvalue weighted by Gasteiger charge is 2.15. The van der Waals surface area contributed by atoms with Gasteiger partial charge in [-0.15, -0.1) is 11.3 Å². The van der Waals surface area contributed by atoms with Gasteiger partial charge >= 0.3 is 0 Å². The van der Waals surface area contributed by atoms with Gasteiger partial charge in [-0.2, -0.15) is 0 Å². The lowest BCUT2D eigenvalue weighted by Crippen LogP contribution is -2.35. The molecule has 1 amide bonds. The Morgan fingerprint density at radius 3 is 3.00 bits per heavy atom. The molecule has 0 saturated heterocycles. The lowest BCUT2D eigenvalue weighted by molar-refractivity contribution is -0.121. The zero-order chi connectivity index (χ0) is 22.0. The molecular formula is C21H23N3O6S. The number of aromatic nitrogens is 2. The first kappa shape index (κ1) is 21.1. The minimum atomic E-state index is -0.874. The molecule has 1 atom stereocenters. The van der Waals surface area contributed by atoms with Crippen LogP contribution in [0, 0.1) is 13.8 Å². The van der Waals surface area contributed by atoms with Crippen molar-refractivity contribution in [1.82, 2.24) is 15.3 Å². The molecule has 1 aromatic carbocycles. The van der Waals surface area contributed by atoms with Crippen molar-refractivity contribution < 1.29 is 24.1 Å². The number of hydrogen-bond acceptors (Lipinski definition) is 8. The van der Waals surface area contributed by atoms with Crippen LogP contribution in [0.1, 0.15) is 22.7 Å². The van der Waals surface area contributed by atoms with Crippen LogP contribution in [0.15, 0.2) is 23.0 Å². The van der Waals surface area contributed by atoms with Crippen LogP contribution in [0.25, 0.3) is 10.2 Å². The number of aliphatic hydroxyl groups excluding tert-OH is 1. The smallest absolute Gasteiger partial charge is 0.259 e. The molecule has 0 saturated carbocycles. The molecule has 1 unspecified atom stereocenters. The van der Waals surface area contributed by atoms with E-state index in [-0.39, 0.29) is 37.8 Å². The summed E-state index contributed by atoms with van der Waals surface area (Å²) >= 11 is 1.47. The lowest BCUT2D eigenvalue weighted by Gasteiger charge is -2.13. The molecule has 31 heavy (non-hydrogen) atoms. The van der Waals surface area contributed by atoms with Crippen LogP contribution in [0.4, 0.5) is 0 Å². The van der Waals surface area contributed by atoms with Gasteiger partial charge in [0.05, 0.1) is 5.39 Å². The zero-order valence-electron chi connectivity index (χ0n) is 17.2. The summed E-state index contributed by atoms with van der Waals surface area (Å²) in [5.41, 5.74) is 0.758. The van der Waals surface area contributed by atoms with Crippen LogP contribution in [-0.4, -0.2) is 47.0 Å². The number of ether oxygens (including phenoxy) is 3. The van der Waals surface area contributed by atoms with Crippen LogP contribution in [0.2, 0.25) is 0 Å². The largest absolute Gasteiger partial charge is 0.491 e. The van der Waals surface area contributed by atoms with E-state index in [1.807, 2.05) is 13.8 Å². The second kappa shape index (κ2) is 8.94. The minimum absolute atomic E-state index is 0.0164. The number of benzene rings is 1. The van der Waals surface area contributed by atoms with Crippen molar-refractivity contribution in [3.63, 3.8) is 0 Å². The molecule has 0 spiro atoms. The predicted octanol–water partition coefficient (Wildman–Crippen LogP) is 1.82. The molecule has 2 aromatic heterocycles. The van der Waals surface area contributed by atoms with E-state index in [0.29, 0.717) is 39.7 Å². The third-order valence-corrected chi connectivity index (χ3v) is 6.10. The third kappa shape index (κ3) is 4.80. The fourth-order valence-corrected chi connectivity index (χ4v) is 4.24. The molecule has 3 aromatic rings. The van der Waals surface area contributed by atoms with Gasteiger partial charge in [-0.25, -0.2) is 4.98 Å². The van der Waals surface area contributed by atoms with E-state index in [1.165, 1.54) is 11.3 Å². The number of carbonyl (C=O) groups excluding carboxylic acids is 1. The van der Waals surface area contributed by atoms with Gasteiger partial charge in [0, 0.05) is 30.3 Å². The highest BCUT2D eigenvalue weighted by Crippen LogP contribution is 2.35. The number of hydrogen-bond donors (Lipinski definition) is 3. The first-order chi connectivity index (χ1) is 14.9. The quantitative estimate of drug-likeness (QED) is 0.483. The number of H-pyrrole nitrogens is 1. The summed E-state index contributed by atoms with van der Waals surface area (Å²) in [6.07, 6.45) is -0.426. The Labute approximate surface area is 182 Å². The summed E-state index contributed by atoms with van der Waals surface area (Å²) in [7, 11) is 0. The number of rotatable bonds is 8. The fourth-order valence-electron chi connectivity index (χ4n) is 3.19. The predicted molar refractivity (Wildman–Crippen MR) is 115 cm³/mol. The Balaban J connectivity index is 1.23. The van der Waals surface area contributed by atoms with E-state index in [2.05, 4.69) is 15.3 Å². The van der Waals surface area contributed by atoms with Crippen molar-refractivity contribution in [3.05, 3.63) is 44.8 Å². The molecule has 3 N–H and O–H groups in total. The summed E-state index contributed by atoms with van der Waals surface area (Å²) in [6, 6.07) is 5.15. The van der Waals surface area contributed by atoms with Crippen molar-refractivity contribution in [2.45, 2.75) is 32.8 Å². The maximum atomic E-state index is 12.3. The average Bonchev–Trinajstić information content (AvgIpc) is 3.33. The van der Waals surface area contributed by atoms with Gasteiger partial charge < -0.3 is 29.6 Å². The Hall–Kier alpha value is -3.11.